The number of H-pyrrole nitrogens is 1. The number of carbonyl (C=O) groups is 1. The smallest absolute Gasteiger partial charge is 0.306 e. The Morgan fingerprint density at radius 2 is 2.11 bits per heavy atom. The number of aliphatic hydroxyl groups is 1. The standard InChI is InChI=1S/C20H23N5O3/c21-20-19-18(23-12-24-20)15(7-22-19)9-25-8-14(16(26)10-25)6-17(27)28-11-13-4-2-1-3-5-13/h1-5,7,12,14,16,22,26H,6,8-11H2,(H2,21,23,24)/t14-,16+/m0/s1. The van der Waals surface area contributed by atoms with Gasteiger partial charge in [0.1, 0.15) is 18.5 Å². The molecule has 2 aromatic heterocycles. The monoisotopic (exact) mass is 381 g/mol. The average Bonchev–Trinajstić information content (AvgIpc) is 3.26. The summed E-state index contributed by atoms with van der Waals surface area (Å²) in [5, 5.41) is 10.4. The molecule has 4 N–H and O–H groups in total. The normalized spacial score (nSPS) is 19.9. The van der Waals surface area contributed by atoms with Gasteiger partial charge in [-0.3, -0.25) is 9.69 Å². The minimum atomic E-state index is -0.561. The van der Waals surface area contributed by atoms with E-state index in [1.165, 1.54) is 6.33 Å². The second kappa shape index (κ2) is 7.95. The first kappa shape index (κ1) is 18.4. The van der Waals surface area contributed by atoms with Crippen LogP contribution >= 0.6 is 0 Å². The zero-order chi connectivity index (χ0) is 19.5. The van der Waals surface area contributed by atoms with Gasteiger partial charge in [-0.1, -0.05) is 30.3 Å². The lowest BCUT2D eigenvalue weighted by atomic mass is 10.0. The topological polar surface area (TPSA) is 117 Å². The third kappa shape index (κ3) is 3.97. The lowest BCUT2D eigenvalue weighted by Crippen LogP contribution is -2.22. The Balaban J connectivity index is 1.32. The first-order valence-corrected chi connectivity index (χ1v) is 9.26. The van der Waals surface area contributed by atoms with E-state index in [1.807, 2.05) is 36.5 Å². The van der Waals surface area contributed by atoms with Crippen LogP contribution in [0.4, 0.5) is 5.82 Å². The first-order valence-electron chi connectivity index (χ1n) is 9.26. The second-order valence-corrected chi connectivity index (χ2v) is 7.17. The van der Waals surface area contributed by atoms with Crippen LogP contribution < -0.4 is 5.73 Å². The van der Waals surface area contributed by atoms with E-state index in [-0.39, 0.29) is 24.9 Å². The molecule has 1 aliphatic rings. The Morgan fingerprint density at radius 1 is 1.29 bits per heavy atom. The number of β-amino-alcohol motifs (C(OH)–C–C–N with tert-alkyl or cyclic N) is 1. The molecule has 4 rings (SSSR count). The second-order valence-electron chi connectivity index (χ2n) is 7.17. The molecule has 3 heterocycles. The van der Waals surface area contributed by atoms with Crippen molar-refractivity contribution >= 4 is 22.8 Å². The number of nitrogen functional groups attached to an aromatic ring is 1. The van der Waals surface area contributed by atoms with Crippen molar-refractivity contribution in [2.24, 2.45) is 5.92 Å². The Kier molecular flexibility index (Phi) is 5.23. The number of nitrogens with two attached hydrogens (primary N) is 1. The van der Waals surface area contributed by atoms with E-state index in [0.29, 0.717) is 25.5 Å². The molecule has 146 valence electrons. The highest BCUT2D eigenvalue weighted by molar-refractivity contribution is 5.86. The van der Waals surface area contributed by atoms with Gasteiger partial charge in [-0.15, -0.1) is 0 Å². The minimum Gasteiger partial charge on any atom is -0.461 e. The van der Waals surface area contributed by atoms with Gasteiger partial charge >= 0.3 is 5.97 Å². The number of aromatic amines is 1. The van der Waals surface area contributed by atoms with Gasteiger partial charge in [-0.2, -0.15) is 0 Å². The van der Waals surface area contributed by atoms with Gasteiger partial charge in [0.05, 0.1) is 18.0 Å². The van der Waals surface area contributed by atoms with Crippen molar-refractivity contribution in [1.82, 2.24) is 19.9 Å². The van der Waals surface area contributed by atoms with E-state index in [2.05, 4.69) is 19.9 Å². The van der Waals surface area contributed by atoms with Crippen LogP contribution in [0.2, 0.25) is 0 Å². The van der Waals surface area contributed by atoms with Gasteiger partial charge in [0.25, 0.3) is 0 Å². The number of hydrogen-bond donors (Lipinski definition) is 3. The summed E-state index contributed by atoms with van der Waals surface area (Å²) in [5.74, 6) is -0.0210. The molecule has 2 atom stereocenters. The van der Waals surface area contributed by atoms with Crippen LogP contribution in [0.1, 0.15) is 17.5 Å². The molecule has 0 bridgehead atoms. The van der Waals surface area contributed by atoms with Gasteiger partial charge < -0.3 is 20.6 Å². The summed E-state index contributed by atoms with van der Waals surface area (Å²) < 4.78 is 5.35. The number of rotatable bonds is 6. The Hall–Kier alpha value is -2.97. The van der Waals surface area contributed by atoms with Crippen molar-refractivity contribution in [3.63, 3.8) is 0 Å². The van der Waals surface area contributed by atoms with E-state index in [4.69, 9.17) is 10.5 Å². The SMILES string of the molecule is Nc1ncnc2c(CN3C[C@H](CC(=O)OCc4ccccc4)[C@H](O)C3)c[nH]c12. The molecular weight excluding hydrogens is 358 g/mol. The van der Waals surface area contributed by atoms with Crippen LogP contribution in [0.15, 0.2) is 42.9 Å². The van der Waals surface area contributed by atoms with Crippen LogP contribution in [0.3, 0.4) is 0 Å². The Labute approximate surface area is 162 Å². The summed E-state index contributed by atoms with van der Waals surface area (Å²) in [6.45, 7) is 1.99. The van der Waals surface area contributed by atoms with Crippen LogP contribution in [-0.2, 0) is 22.7 Å². The molecular formula is C20H23N5O3. The summed E-state index contributed by atoms with van der Waals surface area (Å²) in [6.07, 6.45) is 2.95. The van der Waals surface area contributed by atoms with Crippen LogP contribution in [0, 0.1) is 5.92 Å². The number of nitrogens with one attached hydrogen (secondary N) is 1. The Bertz CT molecular complexity index is 959. The number of anilines is 1. The molecule has 0 amide bonds. The zero-order valence-corrected chi connectivity index (χ0v) is 15.4. The molecule has 0 unspecified atom stereocenters. The predicted molar refractivity (Wildman–Crippen MR) is 104 cm³/mol. The number of benzene rings is 1. The van der Waals surface area contributed by atoms with E-state index in [0.717, 1.165) is 22.2 Å². The van der Waals surface area contributed by atoms with Gasteiger partial charge in [0.2, 0.25) is 0 Å². The molecule has 0 aliphatic carbocycles. The van der Waals surface area contributed by atoms with Crippen molar-refractivity contribution in [3.05, 3.63) is 54.0 Å². The molecule has 8 heteroatoms. The molecule has 1 aromatic carbocycles. The van der Waals surface area contributed by atoms with Crippen molar-refractivity contribution in [2.75, 3.05) is 18.8 Å². The fourth-order valence-corrected chi connectivity index (χ4v) is 3.66. The van der Waals surface area contributed by atoms with Crippen molar-refractivity contribution < 1.29 is 14.6 Å². The molecule has 0 spiro atoms. The molecule has 3 aromatic rings. The number of likely N-dealkylation sites (tertiary alicyclic amines) is 1. The van der Waals surface area contributed by atoms with Crippen LogP contribution in [0.25, 0.3) is 11.0 Å². The predicted octanol–water partition coefficient (Wildman–Crippen LogP) is 1.47. The number of aromatic nitrogens is 3. The van der Waals surface area contributed by atoms with E-state index in [1.54, 1.807) is 0 Å². The van der Waals surface area contributed by atoms with E-state index in [9.17, 15) is 9.90 Å². The summed E-state index contributed by atoms with van der Waals surface area (Å²) in [6, 6.07) is 9.56. The fourth-order valence-electron chi connectivity index (χ4n) is 3.66. The highest BCUT2D eigenvalue weighted by atomic mass is 16.5. The highest BCUT2D eigenvalue weighted by Crippen LogP contribution is 2.26. The van der Waals surface area contributed by atoms with Gasteiger partial charge in [-0.05, 0) is 5.56 Å². The minimum absolute atomic E-state index is 0.145. The molecule has 1 fully saturated rings. The van der Waals surface area contributed by atoms with Gasteiger partial charge in [0, 0.05) is 37.3 Å². The number of esters is 1. The third-order valence-electron chi connectivity index (χ3n) is 5.12. The number of nitrogens with zero attached hydrogens (tertiary/aromatic N) is 3. The van der Waals surface area contributed by atoms with Gasteiger partial charge in [0.15, 0.2) is 5.82 Å². The maximum absolute atomic E-state index is 12.2. The number of fused-ring (bicyclic) bond motifs is 1. The maximum Gasteiger partial charge on any atom is 0.306 e. The first-order chi connectivity index (χ1) is 13.6. The molecule has 8 nitrogen and oxygen atoms in total. The number of aliphatic hydroxyl groups excluding tert-OH is 1. The summed E-state index contributed by atoms with van der Waals surface area (Å²) >= 11 is 0. The van der Waals surface area contributed by atoms with E-state index < -0.39 is 6.10 Å². The van der Waals surface area contributed by atoms with Crippen LogP contribution in [0.5, 0.6) is 0 Å². The Morgan fingerprint density at radius 3 is 2.93 bits per heavy atom. The molecule has 28 heavy (non-hydrogen) atoms. The molecule has 1 saturated heterocycles. The van der Waals surface area contributed by atoms with Gasteiger partial charge in [-0.25, -0.2) is 9.97 Å². The molecule has 0 radical (unpaired) electrons. The molecule has 0 saturated carbocycles. The van der Waals surface area contributed by atoms with Crippen molar-refractivity contribution in [1.29, 1.82) is 0 Å². The summed E-state index contributed by atoms with van der Waals surface area (Å²) in [7, 11) is 0. The maximum atomic E-state index is 12.2. The lowest BCUT2D eigenvalue weighted by molar-refractivity contribution is -0.146. The average molecular weight is 381 g/mol. The van der Waals surface area contributed by atoms with E-state index >= 15 is 0 Å². The highest BCUT2D eigenvalue weighted by Gasteiger charge is 2.33. The largest absolute Gasteiger partial charge is 0.461 e. The zero-order valence-electron chi connectivity index (χ0n) is 15.4. The summed E-state index contributed by atoms with van der Waals surface area (Å²) in [5.41, 5.74) is 9.30. The molecule has 1 aliphatic heterocycles. The lowest BCUT2D eigenvalue weighted by Gasteiger charge is -2.14. The quantitative estimate of drug-likeness (QED) is 0.553. The fraction of sp³-hybridized carbons (Fsp3) is 0.350. The van der Waals surface area contributed by atoms with Crippen molar-refractivity contribution in [3.8, 4) is 0 Å². The van der Waals surface area contributed by atoms with Crippen LogP contribution in [-0.4, -0.2) is 50.1 Å². The third-order valence-corrected chi connectivity index (χ3v) is 5.12. The number of hydrogen-bond acceptors (Lipinski definition) is 7. The number of ether oxygens (including phenoxy) is 1. The number of carbonyl (C=O) groups excluding carboxylic acids is 1. The summed E-state index contributed by atoms with van der Waals surface area (Å²) in [4.78, 5) is 25.7. The van der Waals surface area contributed by atoms with Crippen molar-refractivity contribution in [2.45, 2.75) is 25.7 Å².